The molecule has 3 nitrogen and oxygen atoms in total. The molecule has 0 aromatic carbocycles. The number of fused-ring (bicyclic) bond motifs is 1. The molecule has 0 amide bonds. The van der Waals surface area contributed by atoms with Crippen LogP contribution < -0.4 is 0 Å². The molecule has 0 aromatic heterocycles. The van der Waals surface area contributed by atoms with Crippen LogP contribution in [-0.4, -0.2) is 23.3 Å². The van der Waals surface area contributed by atoms with Crippen LogP contribution in [0.25, 0.3) is 0 Å². The molecule has 130 valence electrons. The molecule has 0 spiro atoms. The second-order valence-electron chi connectivity index (χ2n) is 8.04. The zero-order valence-electron chi connectivity index (χ0n) is 15.2. The Bertz CT molecular complexity index is 493. The molecule has 2 aliphatic carbocycles. The molecule has 1 N–H and O–H groups in total. The van der Waals surface area contributed by atoms with Crippen LogP contribution in [-0.2, 0) is 9.53 Å². The van der Waals surface area contributed by atoms with Gasteiger partial charge in [-0.3, -0.25) is 4.79 Å². The van der Waals surface area contributed by atoms with Gasteiger partial charge in [-0.1, -0.05) is 38.2 Å². The number of aliphatic hydroxyl groups excluding tert-OH is 1. The van der Waals surface area contributed by atoms with Crippen LogP contribution in [0.5, 0.6) is 0 Å². The van der Waals surface area contributed by atoms with Gasteiger partial charge in [0.2, 0.25) is 0 Å². The molecule has 0 aromatic rings. The van der Waals surface area contributed by atoms with Gasteiger partial charge < -0.3 is 9.84 Å². The van der Waals surface area contributed by atoms with Gasteiger partial charge in [-0.05, 0) is 63.2 Å². The van der Waals surface area contributed by atoms with Crippen molar-refractivity contribution in [2.75, 3.05) is 0 Å². The van der Waals surface area contributed by atoms with E-state index in [0.717, 1.165) is 19.3 Å². The number of allylic oxidation sites excluding steroid dienone is 3. The van der Waals surface area contributed by atoms with Crippen molar-refractivity contribution in [1.82, 2.24) is 0 Å². The van der Waals surface area contributed by atoms with E-state index in [9.17, 15) is 9.90 Å². The number of aliphatic hydroxyl groups is 1. The van der Waals surface area contributed by atoms with Gasteiger partial charge in [0.15, 0.2) is 0 Å². The molecule has 0 saturated heterocycles. The molecule has 3 heteroatoms. The maximum Gasteiger partial charge on any atom is 0.311 e. The fraction of sp³-hybridized carbons (Fsp3) is 0.750. The summed E-state index contributed by atoms with van der Waals surface area (Å²) >= 11 is 0. The van der Waals surface area contributed by atoms with Crippen molar-refractivity contribution in [2.24, 2.45) is 29.1 Å². The molecule has 2 fully saturated rings. The van der Waals surface area contributed by atoms with Gasteiger partial charge in [0.05, 0.1) is 18.1 Å². The van der Waals surface area contributed by atoms with Crippen molar-refractivity contribution < 1.29 is 14.6 Å². The first-order chi connectivity index (χ1) is 10.7. The van der Waals surface area contributed by atoms with E-state index in [1.807, 2.05) is 19.9 Å². The highest BCUT2D eigenvalue weighted by molar-refractivity contribution is 5.74. The van der Waals surface area contributed by atoms with Crippen molar-refractivity contribution >= 4 is 5.97 Å². The molecule has 2 rings (SSSR count). The van der Waals surface area contributed by atoms with Crippen LogP contribution in [0.4, 0.5) is 0 Å². The molecular weight excluding hydrogens is 288 g/mol. The van der Waals surface area contributed by atoms with Gasteiger partial charge in [-0.25, -0.2) is 0 Å². The highest BCUT2D eigenvalue weighted by Gasteiger charge is 2.58. The van der Waals surface area contributed by atoms with Gasteiger partial charge in [0, 0.05) is 0 Å². The lowest BCUT2D eigenvalue weighted by Gasteiger charge is -2.46. The van der Waals surface area contributed by atoms with Gasteiger partial charge in [-0.15, -0.1) is 0 Å². The summed E-state index contributed by atoms with van der Waals surface area (Å²) in [6.07, 6.45) is 5.98. The Kier molecular flexibility index (Phi) is 5.40. The summed E-state index contributed by atoms with van der Waals surface area (Å²) < 4.78 is 5.38. The lowest BCUT2D eigenvalue weighted by Crippen LogP contribution is -2.43. The minimum atomic E-state index is -0.592. The normalized spacial score (nSPS) is 40.8. The van der Waals surface area contributed by atoms with Crippen LogP contribution in [0.15, 0.2) is 24.3 Å². The van der Waals surface area contributed by atoms with Gasteiger partial charge in [-0.2, -0.15) is 0 Å². The van der Waals surface area contributed by atoms with E-state index in [2.05, 4.69) is 33.4 Å². The van der Waals surface area contributed by atoms with Crippen molar-refractivity contribution in [3.63, 3.8) is 0 Å². The third-order valence-corrected chi connectivity index (χ3v) is 6.30. The predicted octanol–water partition coefficient (Wildman–Crippen LogP) is 4.12. The van der Waals surface area contributed by atoms with Crippen LogP contribution in [0.3, 0.4) is 0 Å². The second-order valence-corrected chi connectivity index (χ2v) is 8.04. The Balaban J connectivity index is 2.21. The average Bonchev–Trinajstić information content (AvgIpc) is 2.72. The molecule has 0 aliphatic heterocycles. The Labute approximate surface area is 140 Å². The standard InChI is InChI=1S/C20H32O3/c1-7-8-13(4)15-9-10-20(6)17(14(15)5)11-16(18(20)21)19(22)23-12(2)3/h7-8,12,14-18,21H,1,9-11H2,2-6H3/b13-8+/t14-,15-,16+,17+,18+,20+/m1/s1. The van der Waals surface area contributed by atoms with E-state index in [1.165, 1.54) is 5.57 Å². The maximum absolute atomic E-state index is 12.4. The highest BCUT2D eigenvalue weighted by atomic mass is 16.5. The topological polar surface area (TPSA) is 46.5 Å². The fourth-order valence-electron chi connectivity index (χ4n) is 5.01. The third-order valence-electron chi connectivity index (χ3n) is 6.30. The fourth-order valence-corrected chi connectivity index (χ4v) is 5.01. The van der Waals surface area contributed by atoms with Crippen molar-refractivity contribution in [2.45, 2.75) is 66.1 Å². The Morgan fingerprint density at radius 1 is 1.39 bits per heavy atom. The highest BCUT2D eigenvalue weighted by Crippen LogP contribution is 2.59. The Hall–Kier alpha value is -1.09. The molecule has 2 saturated carbocycles. The van der Waals surface area contributed by atoms with E-state index in [-0.39, 0.29) is 23.4 Å². The monoisotopic (exact) mass is 320 g/mol. The summed E-state index contributed by atoms with van der Waals surface area (Å²) in [5, 5.41) is 10.8. The van der Waals surface area contributed by atoms with E-state index >= 15 is 0 Å². The first-order valence-electron chi connectivity index (χ1n) is 8.90. The second kappa shape index (κ2) is 6.80. The molecular formula is C20H32O3. The zero-order valence-corrected chi connectivity index (χ0v) is 15.2. The van der Waals surface area contributed by atoms with Gasteiger partial charge in [0.25, 0.3) is 0 Å². The number of carbonyl (C=O) groups is 1. The minimum Gasteiger partial charge on any atom is -0.463 e. The van der Waals surface area contributed by atoms with E-state index in [0.29, 0.717) is 17.8 Å². The summed E-state index contributed by atoms with van der Waals surface area (Å²) in [6, 6.07) is 0. The van der Waals surface area contributed by atoms with E-state index in [1.54, 1.807) is 0 Å². The number of esters is 1. The maximum atomic E-state index is 12.4. The summed E-state index contributed by atoms with van der Waals surface area (Å²) in [7, 11) is 0. The summed E-state index contributed by atoms with van der Waals surface area (Å²) in [4.78, 5) is 12.4. The molecule has 0 unspecified atom stereocenters. The van der Waals surface area contributed by atoms with Crippen molar-refractivity contribution in [1.29, 1.82) is 0 Å². The number of ether oxygens (including phenoxy) is 1. The largest absolute Gasteiger partial charge is 0.463 e. The number of hydrogen-bond acceptors (Lipinski definition) is 3. The van der Waals surface area contributed by atoms with E-state index < -0.39 is 6.10 Å². The van der Waals surface area contributed by atoms with Crippen molar-refractivity contribution in [3.8, 4) is 0 Å². The zero-order chi connectivity index (χ0) is 17.4. The third kappa shape index (κ3) is 3.26. The number of carbonyl (C=O) groups excluding carboxylic acids is 1. The summed E-state index contributed by atoms with van der Waals surface area (Å²) in [6.45, 7) is 14.1. The molecule has 6 atom stereocenters. The molecule has 0 heterocycles. The molecule has 0 radical (unpaired) electrons. The van der Waals surface area contributed by atoms with Gasteiger partial charge >= 0.3 is 5.97 Å². The van der Waals surface area contributed by atoms with Crippen LogP contribution in [0.2, 0.25) is 0 Å². The first-order valence-corrected chi connectivity index (χ1v) is 8.90. The summed E-state index contributed by atoms with van der Waals surface area (Å²) in [5.41, 5.74) is 1.18. The first kappa shape index (κ1) is 18.3. The quantitative estimate of drug-likeness (QED) is 0.626. The molecule has 23 heavy (non-hydrogen) atoms. The number of rotatable bonds is 4. The Morgan fingerprint density at radius 2 is 2.04 bits per heavy atom. The number of hydrogen-bond donors (Lipinski definition) is 1. The lowest BCUT2D eigenvalue weighted by atomic mass is 9.59. The van der Waals surface area contributed by atoms with Crippen molar-refractivity contribution in [3.05, 3.63) is 24.3 Å². The Morgan fingerprint density at radius 3 is 2.61 bits per heavy atom. The predicted molar refractivity (Wildman–Crippen MR) is 92.8 cm³/mol. The average molecular weight is 320 g/mol. The van der Waals surface area contributed by atoms with Crippen LogP contribution in [0.1, 0.15) is 53.9 Å². The summed E-state index contributed by atoms with van der Waals surface area (Å²) in [5.74, 6) is 0.714. The van der Waals surface area contributed by atoms with E-state index in [4.69, 9.17) is 4.74 Å². The van der Waals surface area contributed by atoms with Crippen LogP contribution >= 0.6 is 0 Å². The van der Waals surface area contributed by atoms with Crippen LogP contribution in [0, 0.1) is 29.1 Å². The molecule has 2 aliphatic rings. The molecule has 0 bridgehead atoms. The minimum absolute atomic E-state index is 0.131. The lowest BCUT2D eigenvalue weighted by molar-refractivity contribution is -0.157. The van der Waals surface area contributed by atoms with Gasteiger partial charge in [0.1, 0.15) is 0 Å². The SMILES string of the molecule is C=C/C=C(\C)[C@H]1CC[C@]2(C)[C@@H](O)[C@@H](C(=O)OC(C)C)C[C@H]2[C@@H]1C. The smallest absolute Gasteiger partial charge is 0.311 e.